The molecular weight excluding hydrogens is 525 g/mol. The third-order valence-electron chi connectivity index (χ3n) is 4.31. The predicted molar refractivity (Wildman–Crippen MR) is 136 cm³/mol. The number of nitrogens with zero attached hydrogens (tertiary/aromatic N) is 3. The number of pyridine rings is 1. The summed E-state index contributed by atoms with van der Waals surface area (Å²) in [4.78, 5) is 14.8. The Balaban J connectivity index is 0.00000341. The van der Waals surface area contributed by atoms with Crippen LogP contribution >= 0.6 is 35.3 Å². The molecule has 2 heterocycles. The maximum absolute atomic E-state index is 5.78. The van der Waals surface area contributed by atoms with Gasteiger partial charge in [0.05, 0.1) is 25.9 Å². The average molecular weight is 553 g/mol. The first-order chi connectivity index (χ1) is 14.6. The zero-order valence-corrected chi connectivity index (χ0v) is 21.3. The van der Waals surface area contributed by atoms with E-state index in [0.717, 1.165) is 34.5 Å². The smallest absolute Gasteiger partial charge is 0.219 e. The van der Waals surface area contributed by atoms with Crippen LogP contribution in [0.15, 0.2) is 47.6 Å². The highest BCUT2D eigenvalue weighted by Gasteiger charge is 2.05. The first kappa shape index (κ1) is 24.9. The van der Waals surface area contributed by atoms with Gasteiger partial charge in [-0.05, 0) is 38.5 Å². The lowest BCUT2D eigenvalue weighted by atomic mass is 10.3. The van der Waals surface area contributed by atoms with Gasteiger partial charge in [-0.3, -0.25) is 0 Å². The number of ether oxygens (including phenoxy) is 2. The molecule has 3 rings (SSSR count). The molecule has 2 N–H and O–H groups in total. The molecule has 0 fully saturated rings. The Bertz CT molecular complexity index is 972. The van der Waals surface area contributed by atoms with Crippen LogP contribution in [0.2, 0.25) is 0 Å². The number of thiazole rings is 1. The Morgan fingerprint density at radius 2 is 1.94 bits per heavy atom. The molecule has 0 spiro atoms. The van der Waals surface area contributed by atoms with Crippen LogP contribution in [0.1, 0.15) is 28.1 Å². The summed E-state index contributed by atoms with van der Waals surface area (Å²) >= 11 is 1.71. The number of benzene rings is 1. The molecular formula is C22H28IN5O2S. The molecule has 2 aromatic heterocycles. The summed E-state index contributed by atoms with van der Waals surface area (Å²) in [5, 5.41) is 7.64. The van der Waals surface area contributed by atoms with Gasteiger partial charge in [-0.2, -0.15) is 0 Å². The molecule has 166 valence electrons. The molecule has 0 aliphatic rings. The first-order valence-corrected chi connectivity index (χ1v) is 10.6. The van der Waals surface area contributed by atoms with Crippen LogP contribution in [-0.2, 0) is 13.1 Å². The van der Waals surface area contributed by atoms with Crippen molar-refractivity contribution in [3.8, 4) is 17.4 Å². The molecule has 31 heavy (non-hydrogen) atoms. The Hall–Kier alpha value is -2.40. The number of aryl methyl sites for hydroxylation is 2. The molecule has 0 atom stereocenters. The van der Waals surface area contributed by atoms with Gasteiger partial charge in [0.15, 0.2) is 5.96 Å². The van der Waals surface area contributed by atoms with Gasteiger partial charge >= 0.3 is 0 Å². The predicted octanol–water partition coefficient (Wildman–Crippen LogP) is 4.83. The number of nitrogens with one attached hydrogen (secondary N) is 2. The molecule has 0 saturated carbocycles. The molecule has 3 aromatic rings. The van der Waals surface area contributed by atoms with E-state index in [9.17, 15) is 0 Å². The van der Waals surface area contributed by atoms with Gasteiger partial charge in [0, 0.05) is 29.8 Å². The second-order valence-corrected chi connectivity index (χ2v) is 7.87. The fourth-order valence-corrected chi connectivity index (χ4v) is 3.51. The molecule has 0 saturated heterocycles. The Morgan fingerprint density at radius 3 is 2.58 bits per heavy atom. The highest BCUT2D eigenvalue weighted by molar-refractivity contribution is 14.0. The maximum atomic E-state index is 5.78. The minimum absolute atomic E-state index is 0. The number of aromatic nitrogens is 2. The number of rotatable bonds is 8. The van der Waals surface area contributed by atoms with Crippen LogP contribution in [0.3, 0.4) is 0 Å². The summed E-state index contributed by atoms with van der Waals surface area (Å²) in [5.41, 5.74) is 2.08. The van der Waals surface area contributed by atoms with Crippen molar-refractivity contribution in [2.75, 3.05) is 13.7 Å². The second-order valence-electron chi connectivity index (χ2n) is 6.58. The monoisotopic (exact) mass is 553 g/mol. The summed E-state index contributed by atoms with van der Waals surface area (Å²) in [7, 11) is 1.63. The van der Waals surface area contributed by atoms with E-state index in [1.54, 1.807) is 24.6 Å². The third kappa shape index (κ3) is 7.66. The summed E-state index contributed by atoms with van der Waals surface area (Å²) < 4.78 is 11.0. The Morgan fingerprint density at radius 1 is 1.13 bits per heavy atom. The summed E-state index contributed by atoms with van der Waals surface area (Å²) in [6.45, 7) is 8.11. The molecule has 0 amide bonds. The van der Waals surface area contributed by atoms with Crippen molar-refractivity contribution in [1.82, 2.24) is 20.6 Å². The van der Waals surface area contributed by atoms with E-state index in [1.165, 1.54) is 4.88 Å². The molecule has 0 bridgehead atoms. The van der Waals surface area contributed by atoms with Crippen LogP contribution in [0.25, 0.3) is 0 Å². The zero-order chi connectivity index (χ0) is 21.3. The first-order valence-electron chi connectivity index (χ1n) is 9.79. The van der Waals surface area contributed by atoms with E-state index in [2.05, 4.69) is 32.5 Å². The van der Waals surface area contributed by atoms with Crippen LogP contribution in [0, 0.1) is 13.8 Å². The average Bonchev–Trinajstić information content (AvgIpc) is 3.08. The summed E-state index contributed by atoms with van der Waals surface area (Å²) in [6.07, 6.45) is 1.77. The van der Waals surface area contributed by atoms with Crippen molar-refractivity contribution in [2.24, 2.45) is 4.99 Å². The van der Waals surface area contributed by atoms with Gasteiger partial charge < -0.3 is 20.1 Å². The van der Waals surface area contributed by atoms with Gasteiger partial charge in [-0.1, -0.05) is 12.1 Å². The van der Waals surface area contributed by atoms with Crippen molar-refractivity contribution in [2.45, 2.75) is 33.9 Å². The lowest BCUT2D eigenvalue weighted by molar-refractivity contribution is 0.407. The molecule has 9 heteroatoms. The molecule has 0 unspecified atom stereocenters. The molecule has 0 radical (unpaired) electrons. The Labute approximate surface area is 204 Å². The van der Waals surface area contributed by atoms with Gasteiger partial charge in [0.1, 0.15) is 16.5 Å². The van der Waals surface area contributed by atoms with Gasteiger partial charge in [0.2, 0.25) is 5.88 Å². The molecule has 0 aliphatic carbocycles. The van der Waals surface area contributed by atoms with Crippen molar-refractivity contribution in [3.63, 3.8) is 0 Å². The lowest BCUT2D eigenvalue weighted by Crippen LogP contribution is -2.36. The number of methoxy groups -OCH3 is 1. The van der Waals surface area contributed by atoms with Gasteiger partial charge in [-0.25, -0.2) is 15.0 Å². The quantitative estimate of drug-likeness (QED) is 0.236. The standard InChI is InChI=1S/C22H27N5O2S.HI/c1-5-23-22(26-14-21-27-15(2)16(3)30-21)25-13-17-9-10-20(24-12-17)29-19-8-6-7-18(11-19)28-4;/h6-12H,5,13-14H2,1-4H3,(H2,23,25,26);1H. The number of halogens is 1. The highest BCUT2D eigenvalue weighted by Crippen LogP contribution is 2.23. The van der Waals surface area contributed by atoms with E-state index in [4.69, 9.17) is 9.47 Å². The largest absolute Gasteiger partial charge is 0.497 e. The number of hydrogen-bond acceptors (Lipinski definition) is 6. The van der Waals surface area contributed by atoms with Crippen molar-refractivity contribution < 1.29 is 9.47 Å². The molecule has 0 aliphatic heterocycles. The molecule has 7 nitrogen and oxygen atoms in total. The highest BCUT2D eigenvalue weighted by atomic mass is 127. The van der Waals surface area contributed by atoms with Crippen LogP contribution in [0.5, 0.6) is 17.4 Å². The minimum Gasteiger partial charge on any atom is -0.497 e. The van der Waals surface area contributed by atoms with Crippen molar-refractivity contribution >= 4 is 41.3 Å². The second kappa shape index (κ2) is 12.5. The number of hydrogen-bond donors (Lipinski definition) is 2. The van der Waals surface area contributed by atoms with Gasteiger partial charge in [0.25, 0.3) is 0 Å². The number of aliphatic imine (C=N–C) groups is 1. The Kier molecular flexibility index (Phi) is 9.99. The zero-order valence-electron chi connectivity index (χ0n) is 18.1. The van der Waals surface area contributed by atoms with E-state index in [1.807, 2.05) is 50.2 Å². The van der Waals surface area contributed by atoms with E-state index in [-0.39, 0.29) is 24.0 Å². The van der Waals surface area contributed by atoms with Crippen LogP contribution < -0.4 is 20.1 Å². The number of guanidine groups is 1. The van der Waals surface area contributed by atoms with Crippen LogP contribution in [-0.4, -0.2) is 29.6 Å². The summed E-state index contributed by atoms with van der Waals surface area (Å²) in [6, 6.07) is 11.2. The van der Waals surface area contributed by atoms with E-state index >= 15 is 0 Å². The SMILES string of the molecule is CCNC(=NCc1ccc(Oc2cccc(OC)c2)nc1)NCc1nc(C)c(C)s1.I. The fraction of sp³-hybridized carbons (Fsp3) is 0.318. The fourth-order valence-electron chi connectivity index (χ4n) is 2.64. The minimum atomic E-state index is 0. The van der Waals surface area contributed by atoms with Gasteiger partial charge in [-0.15, -0.1) is 35.3 Å². The maximum Gasteiger partial charge on any atom is 0.219 e. The van der Waals surface area contributed by atoms with E-state index < -0.39 is 0 Å². The lowest BCUT2D eigenvalue weighted by Gasteiger charge is -2.10. The topological polar surface area (TPSA) is 80.7 Å². The van der Waals surface area contributed by atoms with E-state index in [0.29, 0.717) is 24.7 Å². The van der Waals surface area contributed by atoms with Crippen LogP contribution in [0.4, 0.5) is 0 Å². The molecule has 1 aromatic carbocycles. The third-order valence-corrected chi connectivity index (χ3v) is 5.38. The summed E-state index contributed by atoms with van der Waals surface area (Å²) in [5.74, 6) is 2.69. The van der Waals surface area contributed by atoms with Crippen molar-refractivity contribution in [3.05, 3.63) is 63.7 Å². The van der Waals surface area contributed by atoms with Crippen molar-refractivity contribution in [1.29, 1.82) is 0 Å². The normalized spacial score (nSPS) is 10.9.